The van der Waals surface area contributed by atoms with Gasteiger partial charge >= 0.3 is 0 Å². The summed E-state index contributed by atoms with van der Waals surface area (Å²) >= 11 is 7.08. The number of hydrogen-bond donors (Lipinski definition) is 2. The third-order valence-corrected chi connectivity index (χ3v) is 5.03. The molecule has 1 aliphatic heterocycles. The highest BCUT2D eigenvalue weighted by Crippen LogP contribution is 2.19. The molecule has 0 saturated carbocycles. The number of nitrogens with zero attached hydrogens (tertiary/aromatic N) is 3. The number of amidine groups is 1. The highest BCUT2D eigenvalue weighted by molar-refractivity contribution is 8.14. The van der Waals surface area contributed by atoms with Gasteiger partial charge in [0.1, 0.15) is 12.3 Å². The summed E-state index contributed by atoms with van der Waals surface area (Å²) in [5.41, 5.74) is 6.14. The minimum atomic E-state index is -0.526. The van der Waals surface area contributed by atoms with Crippen molar-refractivity contribution < 1.29 is 14.3 Å². The second kappa shape index (κ2) is 10.6. The van der Waals surface area contributed by atoms with E-state index in [4.69, 9.17) is 22.1 Å². The van der Waals surface area contributed by atoms with Crippen LogP contribution in [0.1, 0.15) is 10.4 Å². The van der Waals surface area contributed by atoms with Crippen molar-refractivity contribution >= 4 is 51.9 Å². The van der Waals surface area contributed by atoms with Gasteiger partial charge in [0.05, 0.1) is 12.3 Å². The Kier molecular flexibility index (Phi) is 7.69. The van der Waals surface area contributed by atoms with Crippen molar-refractivity contribution in [1.29, 1.82) is 0 Å². The highest BCUT2D eigenvalue weighted by atomic mass is 35.5. The Bertz CT molecular complexity index is 1020. The SMILES string of the molecule is C=CCN1CC(Oc2ccc(Cl)cc2)=NC(SCC(=O)Nc2ccc(C(N)=O)cc2)=N1. The van der Waals surface area contributed by atoms with Gasteiger partial charge in [-0.1, -0.05) is 29.4 Å². The quantitative estimate of drug-likeness (QED) is 0.619. The first kappa shape index (κ1) is 22.4. The Balaban J connectivity index is 1.61. The predicted molar refractivity (Wildman–Crippen MR) is 125 cm³/mol. The molecule has 8 nitrogen and oxygen atoms in total. The number of nitrogens with two attached hydrogens (primary N) is 1. The van der Waals surface area contributed by atoms with Gasteiger partial charge in [0.25, 0.3) is 0 Å². The van der Waals surface area contributed by atoms with Crippen molar-refractivity contribution in [2.75, 3.05) is 24.2 Å². The summed E-state index contributed by atoms with van der Waals surface area (Å²) < 4.78 is 5.83. The van der Waals surface area contributed by atoms with Crippen LogP contribution in [0.2, 0.25) is 5.02 Å². The maximum Gasteiger partial charge on any atom is 0.248 e. The average Bonchev–Trinajstić information content (AvgIpc) is 2.74. The zero-order chi connectivity index (χ0) is 22.2. The molecule has 0 saturated heterocycles. The fourth-order valence-electron chi connectivity index (χ4n) is 2.53. The Hall–Kier alpha value is -3.30. The van der Waals surface area contributed by atoms with Gasteiger partial charge in [-0.2, -0.15) is 4.99 Å². The summed E-state index contributed by atoms with van der Waals surface area (Å²) in [5.74, 6) is 0.378. The van der Waals surface area contributed by atoms with Crippen LogP contribution in [0.4, 0.5) is 5.69 Å². The number of ether oxygens (including phenoxy) is 1. The smallest absolute Gasteiger partial charge is 0.248 e. The molecule has 3 N–H and O–H groups in total. The van der Waals surface area contributed by atoms with E-state index in [0.717, 1.165) is 0 Å². The molecule has 1 aliphatic rings. The van der Waals surface area contributed by atoms with Crippen LogP contribution < -0.4 is 15.8 Å². The van der Waals surface area contributed by atoms with Crippen LogP contribution in [0, 0.1) is 0 Å². The number of nitrogens with one attached hydrogen (secondary N) is 1. The molecular weight excluding hydrogens is 438 g/mol. The first-order valence-corrected chi connectivity index (χ1v) is 10.6. The number of anilines is 1. The van der Waals surface area contributed by atoms with Crippen molar-refractivity contribution in [1.82, 2.24) is 5.01 Å². The number of carbonyl (C=O) groups is 2. The van der Waals surface area contributed by atoms with E-state index in [0.29, 0.717) is 46.2 Å². The van der Waals surface area contributed by atoms with Crippen molar-refractivity contribution in [3.63, 3.8) is 0 Å². The lowest BCUT2D eigenvalue weighted by Gasteiger charge is -2.23. The van der Waals surface area contributed by atoms with Crippen molar-refractivity contribution in [2.24, 2.45) is 15.8 Å². The van der Waals surface area contributed by atoms with Gasteiger partial charge in [-0.05, 0) is 48.5 Å². The summed E-state index contributed by atoms with van der Waals surface area (Å²) in [4.78, 5) is 27.8. The Morgan fingerprint density at radius 3 is 2.58 bits per heavy atom. The zero-order valence-electron chi connectivity index (χ0n) is 16.5. The molecule has 2 aromatic carbocycles. The summed E-state index contributed by atoms with van der Waals surface area (Å²) in [6.07, 6.45) is 1.72. The van der Waals surface area contributed by atoms with Gasteiger partial charge in [0.15, 0.2) is 0 Å². The van der Waals surface area contributed by atoms with Gasteiger partial charge in [0, 0.05) is 16.3 Å². The van der Waals surface area contributed by atoms with Crippen LogP contribution in [0.15, 0.2) is 71.3 Å². The number of hydrogen-bond acceptors (Lipinski definition) is 7. The standard InChI is InChI=1S/C21H20ClN5O3S/c1-2-11-27-12-19(30-17-9-5-15(22)6-10-17)25-21(26-27)31-13-18(28)24-16-7-3-14(4-8-16)20(23)29/h2-10H,1,11-13H2,(H2,23,29)(H,24,28). The van der Waals surface area contributed by atoms with E-state index in [1.165, 1.54) is 11.8 Å². The lowest BCUT2D eigenvalue weighted by atomic mass is 10.2. The topological polar surface area (TPSA) is 109 Å². The molecule has 0 spiro atoms. The normalized spacial score (nSPS) is 13.1. The van der Waals surface area contributed by atoms with Crippen LogP contribution >= 0.6 is 23.4 Å². The zero-order valence-corrected chi connectivity index (χ0v) is 18.0. The van der Waals surface area contributed by atoms with Crippen molar-refractivity contribution in [3.05, 3.63) is 71.8 Å². The highest BCUT2D eigenvalue weighted by Gasteiger charge is 2.18. The molecule has 2 amide bonds. The van der Waals surface area contributed by atoms with Crippen LogP contribution in [0.5, 0.6) is 5.75 Å². The Labute approximate surface area is 188 Å². The molecule has 10 heteroatoms. The molecule has 0 aromatic heterocycles. The summed E-state index contributed by atoms with van der Waals surface area (Å²) in [7, 11) is 0. The fraction of sp³-hybridized carbons (Fsp3) is 0.143. The Morgan fingerprint density at radius 1 is 1.23 bits per heavy atom. The van der Waals surface area contributed by atoms with E-state index in [1.54, 1.807) is 59.6 Å². The van der Waals surface area contributed by atoms with Gasteiger partial charge < -0.3 is 15.8 Å². The van der Waals surface area contributed by atoms with Crippen LogP contribution in [-0.4, -0.2) is 46.7 Å². The number of hydrazone groups is 1. The minimum absolute atomic E-state index is 0.0933. The molecule has 0 fully saturated rings. The van der Waals surface area contributed by atoms with E-state index in [2.05, 4.69) is 22.0 Å². The van der Waals surface area contributed by atoms with Gasteiger partial charge in [-0.3, -0.25) is 14.6 Å². The number of carbonyl (C=O) groups excluding carboxylic acids is 2. The lowest BCUT2D eigenvalue weighted by molar-refractivity contribution is -0.113. The number of aliphatic imine (C=N–C) groups is 1. The van der Waals surface area contributed by atoms with E-state index in [1.807, 2.05) is 0 Å². The molecule has 2 aromatic rings. The largest absolute Gasteiger partial charge is 0.441 e. The number of primary amides is 1. The summed E-state index contributed by atoms with van der Waals surface area (Å²) in [6, 6.07) is 13.3. The summed E-state index contributed by atoms with van der Waals surface area (Å²) in [6.45, 7) is 4.61. The first-order valence-electron chi connectivity index (χ1n) is 9.21. The molecule has 1 heterocycles. The molecule has 0 radical (unpaired) electrons. The van der Waals surface area contributed by atoms with Crippen molar-refractivity contribution in [2.45, 2.75) is 0 Å². The first-order chi connectivity index (χ1) is 14.9. The molecule has 3 rings (SSSR count). The van der Waals surface area contributed by atoms with E-state index in [9.17, 15) is 9.59 Å². The maximum absolute atomic E-state index is 12.3. The number of halogens is 1. The molecule has 160 valence electrons. The third kappa shape index (κ3) is 6.87. The summed E-state index contributed by atoms with van der Waals surface area (Å²) in [5, 5.41) is 9.91. The molecule has 0 aliphatic carbocycles. The fourth-order valence-corrected chi connectivity index (χ4v) is 3.33. The molecule has 31 heavy (non-hydrogen) atoms. The van der Waals surface area contributed by atoms with E-state index >= 15 is 0 Å². The van der Waals surface area contributed by atoms with E-state index in [-0.39, 0.29) is 11.7 Å². The molecule has 0 unspecified atom stereocenters. The minimum Gasteiger partial charge on any atom is -0.441 e. The lowest BCUT2D eigenvalue weighted by Crippen LogP contribution is -2.33. The molecule has 0 bridgehead atoms. The molecular formula is C21H20ClN5O3S. The van der Waals surface area contributed by atoms with Crippen LogP contribution in [0.25, 0.3) is 0 Å². The Morgan fingerprint density at radius 2 is 1.94 bits per heavy atom. The van der Waals surface area contributed by atoms with Crippen LogP contribution in [0.3, 0.4) is 0 Å². The van der Waals surface area contributed by atoms with Gasteiger partial charge in [0.2, 0.25) is 22.9 Å². The number of thioether (sulfide) groups is 1. The predicted octanol–water partition coefficient (Wildman–Crippen LogP) is 3.36. The second-order valence-electron chi connectivity index (χ2n) is 6.36. The number of rotatable bonds is 7. The van der Waals surface area contributed by atoms with Gasteiger partial charge in [-0.15, -0.1) is 11.7 Å². The van der Waals surface area contributed by atoms with Crippen LogP contribution in [-0.2, 0) is 4.79 Å². The maximum atomic E-state index is 12.3. The monoisotopic (exact) mass is 457 g/mol. The second-order valence-corrected chi connectivity index (χ2v) is 7.74. The number of amides is 2. The van der Waals surface area contributed by atoms with Crippen molar-refractivity contribution in [3.8, 4) is 5.75 Å². The third-order valence-electron chi connectivity index (χ3n) is 3.94. The van der Waals surface area contributed by atoms with Gasteiger partial charge in [-0.25, -0.2) is 0 Å². The molecule has 0 atom stereocenters. The average molecular weight is 458 g/mol. The van der Waals surface area contributed by atoms with E-state index < -0.39 is 5.91 Å². The number of benzene rings is 2.